The number of urea groups is 1. The summed E-state index contributed by atoms with van der Waals surface area (Å²) < 4.78 is 38.0. The number of aromatic nitrogens is 2. The van der Waals surface area contributed by atoms with Gasteiger partial charge in [-0.25, -0.2) is 9.78 Å². The highest BCUT2D eigenvalue weighted by Gasteiger charge is 2.33. The van der Waals surface area contributed by atoms with Gasteiger partial charge in [-0.15, -0.1) is 0 Å². The third-order valence-electron chi connectivity index (χ3n) is 6.18. The maximum absolute atomic E-state index is 13.1. The molecule has 1 saturated heterocycles. The van der Waals surface area contributed by atoms with Gasteiger partial charge in [0, 0.05) is 29.4 Å². The van der Waals surface area contributed by atoms with Gasteiger partial charge in [0.2, 0.25) is 5.91 Å². The third-order valence-corrected chi connectivity index (χ3v) is 6.18. The summed E-state index contributed by atoms with van der Waals surface area (Å²) in [6, 6.07) is 17.9. The molecule has 0 saturated carbocycles. The molecule has 37 heavy (non-hydrogen) atoms. The van der Waals surface area contributed by atoms with Crippen molar-refractivity contribution in [3.63, 3.8) is 0 Å². The summed E-state index contributed by atoms with van der Waals surface area (Å²) in [5.41, 5.74) is 2.59. The van der Waals surface area contributed by atoms with Crippen molar-refractivity contribution in [2.45, 2.75) is 25.1 Å². The van der Waals surface area contributed by atoms with E-state index in [9.17, 15) is 22.8 Å². The molecule has 1 atom stereocenters. The highest BCUT2D eigenvalue weighted by Crippen LogP contribution is 2.30. The lowest BCUT2D eigenvalue weighted by Gasteiger charge is -2.32. The highest BCUT2D eigenvalue weighted by atomic mass is 19.4. The number of amides is 3. The van der Waals surface area contributed by atoms with Gasteiger partial charge in [-0.1, -0.05) is 36.4 Å². The lowest BCUT2D eigenvalue weighted by atomic mass is 10.0. The second-order valence-electron chi connectivity index (χ2n) is 8.64. The third kappa shape index (κ3) is 5.23. The SMILES string of the molecule is O=C(Nc1ccc(C(F)(F)F)nc1)N[C@@H]1CCCN(c2ccc(-c3cccc4cccnc34)cc2)C1=O. The molecule has 10 heteroatoms. The predicted molar refractivity (Wildman–Crippen MR) is 134 cm³/mol. The Hall–Kier alpha value is -4.47. The van der Waals surface area contributed by atoms with Crippen molar-refractivity contribution in [3.8, 4) is 11.1 Å². The van der Waals surface area contributed by atoms with Gasteiger partial charge in [0.05, 0.1) is 17.4 Å². The van der Waals surface area contributed by atoms with E-state index >= 15 is 0 Å². The number of pyridine rings is 2. The summed E-state index contributed by atoms with van der Waals surface area (Å²) in [5.74, 6) is -0.258. The van der Waals surface area contributed by atoms with Gasteiger partial charge in [0.25, 0.3) is 0 Å². The van der Waals surface area contributed by atoms with Crippen molar-refractivity contribution in [3.05, 3.63) is 84.8 Å². The van der Waals surface area contributed by atoms with Crippen LogP contribution in [0.4, 0.5) is 29.3 Å². The number of rotatable bonds is 4. The van der Waals surface area contributed by atoms with E-state index in [1.807, 2.05) is 54.6 Å². The molecule has 2 aromatic heterocycles. The number of piperidine rings is 1. The monoisotopic (exact) mass is 505 g/mol. The van der Waals surface area contributed by atoms with Gasteiger partial charge in [-0.3, -0.25) is 9.78 Å². The molecule has 0 spiro atoms. The van der Waals surface area contributed by atoms with Crippen LogP contribution in [0.3, 0.4) is 0 Å². The number of carbonyl (C=O) groups excluding carboxylic acids is 2. The van der Waals surface area contributed by atoms with Gasteiger partial charge in [-0.2, -0.15) is 13.2 Å². The molecule has 2 aromatic carbocycles. The Kier molecular flexibility index (Phi) is 6.47. The second kappa shape index (κ2) is 9.88. The number of nitrogens with zero attached hydrogens (tertiary/aromatic N) is 3. The molecule has 0 bridgehead atoms. The fourth-order valence-corrected chi connectivity index (χ4v) is 4.38. The average molecular weight is 506 g/mol. The Morgan fingerprint density at radius 3 is 2.49 bits per heavy atom. The number of fused-ring (bicyclic) bond motifs is 1. The zero-order valence-corrected chi connectivity index (χ0v) is 19.5. The minimum Gasteiger partial charge on any atom is -0.326 e. The number of carbonyl (C=O) groups is 2. The van der Waals surface area contributed by atoms with Crippen molar-refractivity contribution in [1.29, 1.82) is 0 Å². The molecular formula is C27H22F3N5O2. The quantitative estimate of drug-likeness (QED) is 0.376. The molecule has 2 N–H and O–H groups in total. The number of alkyl halides is 3. The molecule has 1 aliphatic rings. The van der Waals surface area contributed by atoms with Crippen LogP contribution in [-0.4, -0.2) is 34.5 Å². The van der Waals surface area contributed by atoms with E-state index in [1.54, 1.807) is 11.1 Å². The zero-order chi connectivity index (χ0) is 26.0. The number of para-hydroxylation sites is 1. The molecule has 0 unspecified atom stereocenters. The molecule has 7 nitrogen and oxygen atoms in total. The van der Waals surface area contributed by atoms with Crippen LogP contribution in [0.1, 0.15) is 18.5 Å². The maximum atomic E-state index is 13.1. The predicted octanol–water partition coefficient (Wildman–Crippen LogP) is 5.63. The Labute approximate surface area is 210 Å². The average Bonchev–Trinajstić information content (AvgIpc) is 2.89. The number of halogens is 3. The van der Waals surface area contributed by atoms with E-state index in [0.717, 1.165) is 40.4 Å². The number of hydrogen-bond acceptors (Lipinski definition) is 4. The number of benzene rings is 2. The van der Waals surface area contributed by atoms with E-state index in [1.165, 1.54) is 0 Å². The Bertz CT molecular complexity index is 1430. The van der Waals surface area contributed by atoms with Crippen LogP contribution in [0, 0.1) is 0 Å². The number of anilines is 2. The van der Waals surface area contributed by atoms with Crippen molar-refractivity contribution < 1.29 is 22.8 Å². The normalized spacial score (nSPS) is 16.0. The first-order valence-electron chi connectivity index (χ1n) is 11.7. The second-order valence-corrected chi connectivity index (χ2v) is 8.64. The summed E-state index contributed by atoms with van der Waals surface area (Å²) in [4.78, 5) is 35.0. The molecule has 1 aliphatic heterocycles. The van der Waals surface area contributed by atoms with Crippen LogP contribution < -0.4 is 15.5 Å². The Morgan fingerprint density at radius 1 is 0.973 bits per heavy atom. The molecule has 3 amide bonds. The molecule has 5 rings (SSSR count). The van der Waals surface area contributed by atoms with Gasteiger partial charge < -0.3 is 15.5 Å². The molecule has 188 valence electrons. The van der Waals surface area contributed by atoms with Crippen LogP contribution in [0.15, 0.2) is 79.1 Å². The fraction of sp³-hybridized carbons (Fsp3) is 0.185. The topological polar surface area (TPSA) is 87.2 Å². The van der Waals surface area contributed by atoms with Crippen molar-refractivity contribution in [2.24, 2.45) is 0 Å². The van der Waals surface area contributed by atoms with E-state index in [-0.39, 0.29) is 11.6 Å². The summed E-state index contributed by atoms with van der Waals surface area (Å²) in [6.07, 6.45) is -0.765. The number of hydrogen-bond donors (Lipinski definition) is 2. The first-order chi connectivity index (χ1) is 17.8. The summed E-state index contributed by atoms with van der Waals surface area (Å²) in [7, 11) is 0. The molecule has 3 heterocycles. The fourth-order valence-electron chi connectivity index (χ4n) is 4.38. The minimum atomic E-state index is -4.57. The molecule has 0 radical (unpaired) electrons. The summed E-state index contributed by atoms with van der Waals surface area (Å²) in [5, 5.41) is 6.08. The first-order valence-corrected chi connectivity index (χ1v) is 11.7. The van der Waals surface area contributed by atoms with Gasteiger partial charge in [-0.05, 0) is 48.7 Å². The Morgan fingerprint density at radius 2 is 1.76 bits per heavy atom. The summed E-state index contributed by atoms with van der Waals surface area (Å²) in [6.45, 7) is 0.511. The van der Waals surface area contributed by atoms with E-state index in [4.69, 9.17) is 0 Å². The van der Waals surface area contributed by atoms with E-state index < -0.39 is 23.9 Å². The van der Waals surface area contributed by atoms with Crippen molar-refractivity contribution in [1.82, 2.24) is 15.3 Å². The Balaban J connectivity index is 1.26. The lowest BCUT2D eigenvalue weighted by Crippen LogP contribution is -2.53. The van der Waals surface area contributed by atoms with Crippen LogP contribution >= 0.6 is 0 Å². The largest absolute Gasteiger partial charge is 0.433 e. The standard InChI is InChI=1S/C27H22F3N5O2/c28-27(29,30)23-13-10-19(16-32-23)33-26(37)34-22-7-3-15-35(25(22)36)20-11-8-17(9-12-20)21-6-1-4-18-5-2-14-31-24(18)21/h1-2,4-6,8-14,16,22H,3,7,15H2,(H2,33,34,37)/t22-/m1/s1. The minimum absolute atomic E-state index is 0.0872. The lowest BCUT2D eigenvalue weighted by molar-refractivity contribution is -0.141. The van der Waals surface area contributed by atoms with Crippen LogP contribution in [0.5, 0.6) is 0 Å². The van der Waals surface area contributed by atoms with Gasteiger partial charge >= 0.3 is 12.2 Å². The van der Waals surface area contributed by atoms with E-state index in [2.05, 4.69) is 20.6 Å². The smallest absolute Gasteiger partial charge is 0.326 e. The van der Waals surface area contributed by atoms with Crippen LogP contribution in [0.2, 0.25) is 0 Å². The summed E-state index contributed by atoms with van der Waals surface area (Å²) >= 11 is 0. The maximum Gasteiger partial charge on any atom is 0.433 e. The van der Waals surface area contributed by atoms with Crippen LogP contribution in [0.25, 0.3) is 22.0 Å². The molecule has 0 aliphatic carbocycles. The zero-order valence-electron chi connectivity index (χ0n) is 19.5. The first kappa shape index (κ1) is 24.2. The molecule has 1 fully saturated rings. The number of nitrogens with one attached hydrogen (secondary N) is 2. The van der Waals surface area contributed by atoms with Gasteiger partial charge in [0.1, 0.15) is 11.7 Å². The molecule has 4 aromatic rings. The van der Waals surface area contributed by atoms with Crippen molar-refractivity contribution in [2.75, 3.05) is 16.8 Å². The van der Waals surface area contributed by atoms with E-state index in [0.29, 0.717) is 25.1 Å². The van der Waals surface area contributed by atoms with Crippen molar-refractivity contribution >= 4 is 34.2 Å². The highest BCUT2D eigenvalue weighted by molar-refractivity contribution is 6.01. The molecular weight excluding hydrogens is 483 g/mol. The van der Waals surface area contributed by atoms with Crippen LogP contribution in [-0.2, 0) is 11.0 Å². The van der Waals surface area contributed by atoms with Gasteiger partial charge in [0.15, 0.2) is 0 Å².